The molecule has 0 saturated carbocycles. The van der Waals surface area contributed by atoms with Crippen LogP contribution in [0.25, 0.3) is 0 Å². The van der Waals surface area contributed by atoms with Crippen LogP contribution in [0.2, 0.25) is 13.1 Å². The Kier molecular flexibility index (Phi) is 3.98. The fourth-order valence-electron chi connectivity index (χ4n) is 4.19. The van der Waals surface area contributed by atoms with Gasteiger partial charge in [-0.15, -0.1) is 0 Å². The normalized spacial score (nSPS) is 25.0. The van der Waals surface area contributed by atoms with Crippen LogP contribution in [0, 0.1) is 5.92 Å². The first-order valence-electron chi connectivity index (χ1n) is 8.63. The Balaban J connectivity index is 1.96. The first-order chi connectivity index (χ1) is 10.3. The molecule has 1 N–H and O–H groups in total. The number of hydrogen-bond donors (Lipinski definition) is 1. The fourth-order valence-corrected chi connectivity index (χ4v) is 7.67. The van der Waals surface area contributed by atoms with E-state index in [2.05, 4.69) is 74.1 Å². The lowest BCUT2D eigenvalue weighted by atomic mass is 9.95. The van der Waals surface area contributed by atoms with Crippen molar-refractivity contribution in [3.63, 3.8) is 0 Å². The quantitative estimate of drug-likeness (QED) is 0.787. The van der Waals surface area contributed by atoms with Gasteiger partial charge in [0.15, 0.2) is 8.24 Å². The van der Waals surface area contributed by atoms with E-state index < -0.39 is 8.24 Å². The van der Waals surface area contributed by atoms with Crippen LogP contribution in [0.3, 0.4) is 0 Å². The Bertz CT molecular complexity index is 567. The molecule has 0 radical (unpaired) electrons. The van der Waals surface area contributed by atoms with E-state index in [1.807, 2.05) is 0 Å². The Morgan fingerprint density at radius 3 is 2.45 bits per heavy atom. The highest BCUT2D eigenvalue weighted by Crippen LogP contribution is 2.41. The maximum absolute atomic E-state index is 3.94. The summed E-state index contributed by atoms with van der Waals surface area (Å²) in [5.74, 6) is 0.492. The highest BCUT2D eigenvalue weighted by atomic mass is 28.3. The zero-order valence-corrected chi connectivity index (χ0v) is 15.7. The second kappa shape index (κ2) is 5.54. The Morgan fingerprint density at radius 2 is 1.82 bits per heavy atom. The maximum atomic E-state index is 3.94. The van der Waals surface area contributed by atoms with E-state index in [9.17, 15) is 0 Å². The minimum absolute atomic E-state index is 0.164. The van der Waals surface area contributed by atoms with Crippen molar-refractivity contribution in [1.82, 2.24) is 9.88 Å². The highest BCUT2D eigenvalue weighted by Gasteiger charge is 2.38. The number of rotatable bonds is 3. The molecule has 3 aliphatic rings. The molecule has 3 rings (SSSR count). The summed E-state index contributed by atoms with van der Waals surface area (Å²) in [4.78, 5) is 6.56. The van der Waals surface area contributed by atoms with Crippen molar-refractivity contribution in [2.75, 3.05) is 13.1 Å². The molecule has 0 spiro atoms. The van der Waals surface area contributed by atoms with Crippen LogP contribution in [0.1, 0.15) is 33.6 Å². The zero-order chi connectivity index (χ0) is 16.0. The molecule has 22 heavy (non-hydrogen) atoms. The molecule has 2 nitrogen and oxygen atoms in total. The molecule has 0 aromatic carbocycles. The van der Waals surface area contributed by atoms with E-state index in [4.69, 9.17) is 0 Å². The van der Waals surface area contributed by atoms with Crippen molar-refractivity contribution < 1.29 is 0 Å². The van der Waals surface area contributed by atoms with Crippen LogP contribution >= 0.6 is 0 Å². The van der Waals surface area contributed by atoms with E-state index in [1.165, 1.54) is 31.5 Å². The zero-order valence-electron chi connectivity index (χ0n) is 14.7. The van der Waals surface area contributed by atoms with Crippen LogP contribution in [-0.2, 0) is 0 Å². The first kappa shape index (κ1) is 15.8. The SMILES string of the molecule is CC(C)(C)N[Si](C)(C)C1=C2C=CC=CC2C(N2CCCC2)=C1. The van der Waals surface area contributed by atoms with Gasteiger partial charge in [0, 0.05) is 30.2 Å². The number of likely N-dealkylation sites (tertiary alicyclic amines) is 1. The lowest BCUT2D eigenvalue weighted by Crippen LogP contribution is -2.55. The summed E-state index contributed by atoms with van der Waals surface area (Å²) in [5, 5.41) is 1.59. The van der Waals surface area contributed by atoms with E-state index >= 15 is 0 Å². The van der Waals surface area contributed by atoms with Gasteiger partial charge in [0.25, 0.3) is 0 Å². The Hall–Kier alpha value is -1.06. The second-order valence-electron chi connectivity index (χ2n) is 8.35. The van der Waals surface area contributed by atoms with Gasteiger partial charge in [-0.05, 0) is 50.5 Å². The third-order valence-corrected chi connectivity index (χ3v) is 7.93. The number of hydrogen-bond acceptors (Lipinski definition) is 2. The molecule has 1 fully saturated rings. The number of nitrogens with one attached hydrogen (secondary N) is 1. The van der Waals surface area contributed by atoms with E-state index in [0.29, 0.717) is 5.92 Å². The van der Waals surface area contributed by atoms with Gasteiger partial charge in [-0.2, -0.15) is 0 Å². The monoisotopic (exact) mass is 314 g/mol. The Morgan fingerprint density at radius 1 is 1.14 bits per heavy atom. The van der Waals surface area contributed by atoms with Crippen LogP contribution < -0.4 is 4.98 Å². The van der Waals surface area contributed by atoms with E-state index in [1.54, 1.807) is 10.9 Å². The molecule has 120 valence electrons. The summed E-state index contributed by atoms with van der Waals surface area (Å²) in [6.45, 7) is 14.2. The van der Waals surface area contributed by atoms with Crippen LogP contribution in [0.4, 0.5) is 0 Å². The minimum atomic E-state index is -1.67. The van der Waals surface area contributed by atoms with Gasteiger partial charge in [-0.25, -0.2) is 0 Å². The maximum Gasteiger partial charge on any atom is 0.152 e. The number of fused-ring (bicyclic) bond motifs is 1. The smallest absolute Gasteiger partial charge is 0.152 e. The molecule has 1 atom stereocenters. The lowest BCUT2D eigenvalue weighted by Gasteiger charge is -2.34. The van der Waals surface area contributed by atoms with Crippen molar-refractivity contribution in [1.29, 1.82) is 0 Å². The van der Waals surface area contributed by atoms with Crippen LogP contribution in [0.5, 0.6) is 0 Å². The number of nitrogens with zero attached hydrogens (tertiary/aromatic N) is 1. The molecule has 2 aliphatic carbocycles. The highest BCUT2D eigenvalue weighted by molar-refractivity contribution is 6.83. The van der Waals surface area contributed by atoms with Gasteiger partial charge in [-0.3, -0.25) is 0 Å². The molecule has 1 heterocycles. The average molecular weight is 315 g/mol. The first-order valence-corrected chi connectivity index (χ1v) is 11.6. The summed E-state index contributed by atoms with van der Waals surface area (Å²) >= 11 is 0. The van der Waals surface area contributed by atoms with E-state index in [-0.39, 0.29) is 5.54 Å². The van der Waals surface area contributed by atoms with Crippen molar-refractivity contribution >= 4 is 8.24 Å². The standard InChI is InChI=1S/C19H30N2Si/c1-19(2,3)20-22(4,5)18-14-17(21-12-8-9-13-21)15-10-6-7-11-16(15)18/h6-7,10-11,14-15,20H,8-9,12-13H2,1-5H3. The van der Waals surface area contributed by atoms with Gasteiger partial charge in [0.2, 0.25) is 0 Å². The summed E-state index contributed by atoms with van der Waals surface area (Å²) in [5.41, 5.74) is 3.24. The van der Waals surface area contributed by atoms with Crippen molar-refractivity contribution in [3.05, 3.63) is 46.8 Å². The van der Waals surface area contributed by atoms with Gasteiger partial charge in [0.05, 0.1) is 0 Å². The van der Waals surface area contributed by atoms with Crippen molar-refractivity contribution in [2.45, 2.75) is 52.2 Å². The third-order valence-electron chi connectivity index (χ3n) is 4.78. The molecule has 1 aliphatic heterocycles. The molecular weight excluding hydrogens is 284 g/mol. The largest absolute Gasteiger partial charge is 0.374 e. The topological polar surface area (TPSA) is 15.3 Å². The predicted octanol–water partition coefficient (Wildman–Crippen LogP) is 4.15. The van der Waals surface area contributed by atoms with Crippen molar-refractivity contribution in [3.8, 4) is 0 Å². The summed E-state index contributed by atoms with van der Waals surface area (Å²) in [7, 11) is -1.67. The molecule has 0 aromatic rings. The molecule has 0 bridgehead atoms. The van der Waals surface area contributed by atoms with Crippen LogP contribution in [-0.4, -0.2) is 31.8 Å². The molecule has 3 heteroatoms. The van der Waals surface area contributed by atoms with E-state index in [0.717, 1.165) is 0 Å². The lowest BCUT2D eigenvalue weighted by molar-refractivity contribution is 0.401. The molecule has 1 saturated heterocycles. The van der Waals surface area contributed by atoms with Gasteiger partial charge in [-0.1, -0.05) is 37.4 Å². The molecule has 1 unspecified atom stereocenters. The molecule has 0 amide bonds. The molecule has 0 aromatic heterocycles. The Labute approximate surface area is 136 Å². The minimum Gasteiger partial charge on any atom is -0.374 e. The van der Waals surface area contributed by atoms with Crippen molar-refractivity contribution in [2.24, 2.45) is 5.92 Å². The molecular formula is C19H30N2Si. The summed E-state index contributed by atoms with van der Waals surface area (Å²) in [6, 6.07) is 0. The van der Waals surface area contributed by atoms with Gasteiger partial charge < -0.3 is 9.88 Å². The fraction of sp³-hybridized carbons (Fsp3) is 0.579. The van der Waals surface area contributed by atoms with Gasteiger partial charge >= 0.3 is 0 Å². The third kappa shape index (κ3) is 3.02. The van der Waals surface area contributed by atoms with Crippen LogP contribution in [0.15, 0.2) is 46.8 Å². The second-order valence-corrected chi connectivity index (χ2v) is 12.4. The number of allylic oxidation sites excluding steroid dienone is 6. The van der Waals surface area contributed by atoms with Gasteiger partial charge in [0.1, 0.15) is 0 Å². The summed E-state index contributed by atoms with van der Waals surface area (Å²) in [6.07, 6.45) is 14.4. The predicted molar refractivity (Wildman–Crippen MR) is 98.1 cm³/mol. The average Bonchev–Trinajstić information content (AvgIpc) is 3.02. The summed E-state index contributed by atoms with van der Waals surface area (Å²) < 4.78 is 0.